The predicted octanol–water partition coefficient (Wildman–Crippen LogP) is 2.66. The molecule has 1 fully saturated rings. The summed E-state index contributed by atoms with van der Waals surface area (Å²) in [6.07, 6.45) is 0.897. The SMILES string of the molecule is CC(=O)N1CCc2cc(C3(c4ccccc4)CN(C)C(=S)N3)ccc21. The number of amides is 1. The van der Waals surface area contributed by atoms with Crippen LogP contribution in [0.5, 0.6) is 0 Å². The number of nitrogens with one attached hydrogen (secondary N) is 1. The molecule has 2 aliphatic rings. The smallest absolute Gasteiger partial charge is 0.223 e. The zero-order valence-electron chi connectivity index (χ0n) is 14.5. The van der Waals surface area contributed by atoms with Gasteiger partial charge in [-0.1, -0.05) is 42.5 Å². The first-order chi connectivity index (χ1) is 12.0. The molecule has 2 heterocycles. The summed E-state index contributed by atoms with van der Waals surface area (Å²) >= 11 is 5.50. The molecule has 1 N–H and O–H groups in total. The van der Waals surface area contributed by atoms with Crippen LogP contribution in [-0.4, -0.2) is 36.1 Å². The van der Waals surface area contributed by atoms with E-state index in [4.69, 9.17) is 12.2 Å². The van der Waals surface area contributed by atoms with Crippen LogP contribution in [0.25, 0.3) is 0 Å². The van der Waals surface area contributed by atoms with E-state index in [1.165, 1.54) is 16.7 Å². The van der Waals surface area contributed by atoms with Gasteiger partial charge in [0.25, 0.3) is 0 Å². The minimum Gasteiger partial charge on any atom is -0.349 e. The van der Waals surface area contributed by atoms with Gasteiger partial charge < -0.3 is 15.1 Å². The van der Waals surface area contributed by atoms with Gasteiger partial charge in [-0.05, 0) is 41.4 Å². The van der Waals surface area contributed by atoms with E-state index in [9.17, 15) is 4.79 Å². The van der Waals surface area contributed by atoms with Gasteiger partial charge in [-0.15, -0.1) is 0 Å². The van der Waals surface area contributed by atoms with E-state index in [1.807, 2.05) is 18.0 Å². The molecular weight excluding hydrogens is 330 g/mol. The van der Waals surface area contributed by atoms with Gasteiger partial charge in [0.05, 0.1) is 6.54 Å². The Morgan fingerprint density at radius 1 is 1.16 bits per heavy atom. The first-order valence-corrected chi connectivity index (χ1v) is 8.92. The molecule has 1 saturated heterocycles. The lowest BCUT2D eigenvalue weighted by atomic mass is 9.82. The van der Waals surface area contributed by atoms with Crippen LogP contribution in [0.4, 0.5) is 5.69 Å². The summed E-state index contributed by atoms with van der Waals surface area (Å²) in [7, 11) is 2.02. The third-order valence-electron chi connectivity index (χ3n) is 5.26. The van der Waals surface area contributed by atoms with E-state index in [-0.39, 0.29) is 11.4 Å². The number of carbonyl (C=O) groups is 1. The normalized spacial score (nSPS) is 22.1. The number of carbonyl (C=O) groups excluding carboxylic acids is 1. The maximum atomic E-state index is 11.8. The van der Waals surface area contributed by atoms with Gasteiger partial charge in [0.15, 0.2) is 5.11 Å². The number of rotatable bonds is 2. The van der Waals surface area contributed by atoms with Crippen molar-refractivity contribution in [2.75, 3.05) is 25.0 Å². The molecule has 0 aliphatic carbocycles. The standard InChI is InChI=1S/C20H21N3OS/c1-14(24)23-11-10-15-12-17(8-9-18(15)23)20(13-22(2)19(25)21-20)16-6-4-3-5-7-16/h3-9,12H,10-11,13H2,1-2H3,(H,21,25). The Labute approximate surface area is 153 Å². The van der Waals surface area contributed by atoms with Gasteiger partial charge in [0, 0.05) is 26.2 Å². The molecular formula is C20H21N3OS. The lowest BCUT2D eigenvalue weighted by molar-refractivity contribution is -0.116. The van der Waals surface area contributed by atoms with Crippen molar-refractivity contribution in [2.24, 2.45) is 0 Å². The highest BCUT2D eigenvalue weighted by molar-refractivity contribution is 7.80. The van der Waals surface area contributed by atoms with Crippen LogP contribution in [0, 0.1) is 0 Å². The van der Waals surface area contributed by atoms with E-state index in [1.54, 1.807) is 6.92 Å². The molecule has 25 heavy (non-hydrogen) atoms. The summed E-state index contributed by atoms with van der Waals surface area (Å²) in [5.74, 6) is 0.101. The van der Waals surface area contributed by atoms with Crippen molar-refractivity contribution < 1.29 is 4.79 Å². The van der Waals surface area contributed by atoms with Crippen LogP contribution in [0.3, 0.4) is 0 Å². The molecule has 2 aliphatic heterocycles. The summed E-state index contributed by atoms with van der Waals surface area (Å²) in [5, 5.41) is 4.31. The summed E-state index contributed by atoms with van der Waals surface area (Å²) in [6, 6.07) is 16.9. The summed E-state index contributed by atoms with van der Waals surface area (Å²) < 4.78 is 0. The molecule has 128 valence electrons. The molecule has 2 aromatic rings. The molecule has 0 saturated carbocycles. The number of hydrogen-bond donors (Lipinski definition) is 1. The van der Waals surface area contributed by atoms with Crippen molar-refractivity contribution in [1.29, 1.82) is 0 Å². The van der Waals surface area contributed by atoms with Crippen LogP contribution >= 0.6 is 12.2 Å². The summed E-state index contributed by atoms with van der Waals surface area (Å²) in [4.78, 5) is 15.7. The molecule has 5 heteroatoms. The van der Waals surface area contributed by atoms with Crippen LogP contribution in [-0.2, 0) is 16.8 Å². The van der Waals surface area contributed by atoms with Crippen LogP contribution in [0.2, 0.25) is 0 Å². The fourth-order valence-electron chi connectivity index (χ4n) is 3.96. The molecule has 0 bridgehead atoms. The summed E-state index contributed by atoms with van der Waals surface area (Å²) in [6.45, 7) is 3.17. The van der Waals surface area contributed by atoms with Crippen molar-refractivity contribution in [3.8, 4) is 0 Å². The Bertz CT molecular complexity index is 851. The number of anilines is 1. The number of likely N-dealkylation sites (N-methyl/N-ethyl adjacent to an activating group) is 1. The first-order valence-electron chi connectivity index (χ1n) is 8.51. The topological polar surface area (TPSA) is 35.6 Å². The van der Waals surface area contributed by atoms with Crippen molar-refractivity contribution in [2.45, 2.75) is 18.9 Å². The second-order valence-electron chi connectivity index (χ2n) is 6.82. The summed E-state index contributed by atoms with van der Waals surface area (Å²) in [5.41, 5.74) is 4.29. The molecule has 4 nitrogen and oxygen atoms in total. The Morgan fingerprint density at radius 3 is 2.56 bits per heavy atom. The minimum absolute atomic E-state index is 0.101. The number of nitrogens with zero attached hydrogens (tertiary/aromatic N) is 2. The third-order valence-corrected chi connectivity index (χ3v) is 5.67. The zero-order valence-corrected chi connectivity index (χ0v) is 15.3. The molecule has 0 aromatic heterocycles. The fraction of sp³-hybridized carbons (Fsp3) is 0.300. The van der Waals surface area contributed by atoms with Crippen molar-refractivity contribution in [1.82, 2.24) is 10.2 Å². The number of hydrogen-bond acceptors (Lipinski definition) is 2. The van der Waals surface area contributed by atoms with E-state index in [2.05, 4.69) is 52.7 Å². The quantitative estimate of drug-likeness (QED) is 0.844. The Balaban J connectivity index is 1.83. The lowest BCUT2D eigenvalue weighted by Gasteiger charge is -2.31. The molecule has 2 aromatic carbocycles. The van der Waals surface area contributed by atoms with Gasteiger partial charge in [-0.3, -0.25) is 4.79 Å². The van der Waals surface area contributed by atoms with Crippen molar-refractivity contribution >= 4 is 28.9 Å². The number of benzene rings is 2. The molecule has 1 amide bonds. The predicted molar refractivity (Wildman–Crippen MR) is 104 cm³/mol. The first kappa shape index (κ1) is 16.1. The second kappa shape index (κ2) is 5.85. The number of fused-ring (bicyclic) bond motifs is 1. The zero-order chi connectivity index (χ0) is 17.6. The van der Waals surface area contributed by atoms with Crippen LogP contribution < -0.4 is 10.2 Å². The maximum absolute atomic E-state index is 11.8. The Morgan fingerprint density at radius 2 is 1.92 bits per heavy atom. The van der Waals surface area contributed by atoms with Crippen molar-refractivity contribution in [3.63, 3.8) is 0 Å². The molecule has 4 rings (SSSR count). The van der Waals surface area contributed by atoms with Crippen molar-refractivity contribution in [3.05, 3.63) is 65.2 Å². The molecule has 1 atom stereocenters. The average Bonchev–Trinajstić information content (AvgIpc) is 3.17. The minimum atomic E-state index is -0.355. The molecule has 0 spiro atoms. The highest BCUT2D eigenvalue weighted by Crippen LogP contribution is 2.38. The fourth-order valence-corrected chi connectivity index (χ4v) is 4.19. The largest absolute Gasteiger partial charge is 0.349 e. The lowest BCUT2D eigenvalue weighted by Crippen LogP contribution is -2.41. The van der Waals surface area contributed by atoms with Gasteiger partial charge in [-0.25, -0.2) is 0 Å². The van der Waals surface area contributed by atoms with Crippen LogP contribution in [0.1, 0.15) is 23.6 Å². The van der Waals surface area contributed by atoms with Gasteiger partial charge >= 0.3 is 0 Å². The van der Waals surface area contributed by atoms with Crippen LogP contribution in [0.15, 0.2) is 48.5 Å². The van der Waals surface area contributed by atoms with E-state index in [0.717, 1.165) is 30.3 Å². The highest BCUT2D eigenvalue weighted by Gasteiger charge is 2.42. The second-order valence-corrected chi connectivity index (χ2v) is 7.21. The van der Waals surface area contributed by atoms with Gasteiger partial charge in [0.1, 0.15) is 5.54 Å². The Hall–Kier alpha value is -2.40. The molecule has 1 unspecified atom stereocenters. The number of thiocarbonyl (C=S) groups is 1. The van der Waals surface area contributed by atoms with Gasteiger partial charge in [0.2, 0.25) is 5.91 Å². The van der Waals surface area contributed by atoms with E-state index < -0.39 is 0 Å². The maximum Gasteiger partial charge on any atom is 0.223 e. The van der Waals surface area contributed by atoms with Gasteiger partial charge in [-0.2, -0.15) is 0 Å². The van der Waals surface area contributed by atoms with E-state index >= 15 is 0 Å². The highest BCUT2D eigenvalue weighted by atomic mass is 32.1. The monoisotopic (exact) mass is 351 g/mol. The molecule has 0 radical (unpaired) electrons. The van der Waals surface area contributed by atoms with E-state index in [0.29, 0.717) is 0 Å². The Kier molecular flexibility index (Phi) is 3.76. The third kappa shape index (κ3) is 2.50. The average molecular weight is 351 g/mol.